The Kier molecular flexibility index (Phi) is 4.95. The van der Waals surface area contributed by atoms with Gasteiger partial charge in [-0.2, -0.15) is 5.10 Å². The van der Waals surface area contributed by atoms with Gasteiger partial charge in [0.2, 0.25) is 0 Å². The number of hydrogen-bond donors (Lipinski definition) is 1. The van der Waals surface area contributed by atoms with Gasteiger partial charge in [0.15, 0.2) is 0 Å². The van der Waals surface area contributed by atoms with Gasteiger partial charge in [-0.05, 0) is 38.8 Å². The van der Waals surface area contributed by atoms with E-state index in [1.54, 1.807) is 0 Å². The molecule has 2 heterocycles. The summed E-state index contributed by atoms with van der Waals surface area (Å²) in [5.41, 5.74) is 5.80. The molecule has 0 spiro atoms. The molecular weight excluding hydrogens is 314 g/mol. The molecule has 0 radical (unpaired) electrons. The zero-order valence-corrected chi connectivity index (χ0v) is 15.5. The summed E-state index contributed by atoms with van der Waals surface area (Å²) in [6.45, 7) is 11.3. The van der Waals surface area contributed by atoms with Crippen LogP contribution in [-0.4, -0.2) is 38.8 Å². The number of carbonyl (C=O) groups is 1. The van der Waals surface area contributed by atoms with Crippen molar-refractivity contribution < 1.29 is 9.90 Å². The van der Waals surface area contributed by atoms with Gasteiger partial charge < -0.3 is 5.11 Å². The largest absolute Gasteiger partial charge is 0.481 e. The zero-order valence-electron chi connectivity index (χ0n) is 15.5. The maximum atomic E-state index is 11.8. The van der Waals surface area contributed by atoms with Gasteiger partial charge in [0.05, 0.1) is 11.6 Å². The molecule has 1 fully saturated rings. The average Bonchev–Trinajstić information content (AvgIpc) is 3.12. The van der Waals surface area contributed by atoms with E-state index in [9.17, 15) is 9.90 Å². The highest BCUT2D eigenvalue weighted by Crippen LogP contribution is 2.35. The molecule has 0 aliphatic carbocycles. The predicted molar refractivity (Wildman–Crippen MR) is 97.7 cm³/mol. The van der Waals surface area contributed by atoms with Crippen LogP contribution in [0.3, 0.4) is 0 Å². The second-order valence-corrected chi connectivity index (χ2v) is 7.07. The van der Waals surface area contributed by atoms with Gasteiger partial charge in [0.1, 0.15) is 0 Å². The Hall–Kier alpha value is -2.14. The van der Waals surface area contributed by atoms with Crippen molar-refractivity contribution in [2.45, 2.75) is 46.7 Å². The van der Waals surface area contributed by atoms with Crippen molar-refractivity contribution in [3.63, 3.8) is 0 Å². The number of likely N-dealkylation sites (tertiary alicyclic amines) is 1. The second kappa shape index (κ2) is 7.00. The first-order chi connectivity index (χ1) is 11.9. The fourth-order valence-electron chi connectivity index (χ4n) is 4.08. The molecule has 1 aromatic heterocycles. The molecule has 1 aliphatic rings. The van der Waals surface area contributed by atoms with Gasteiger partial charge in [-0.1, -0.05) is 24.3 Å². The maximum Gasteiger partial charge on any atom is 0.308 e. The summed E-state index contributed by atoms with van der Waals surface area (Å²) in [6.07, 6.45) is 0. The number of carboxylic acid groups (broad SMARTS) is 1. The Labute approximate surface area is 149 Å². The van der Waals surface area contributed by atoms with E-state index in [1.165, 1.54) is 16.8 Å². The lowest BCUT2D eigenvalue weighted by Crippen LogP contribution is -2.23. The molecule has 0 amide bonds. The van der Waals surface area contributed by atoms with Crippen molar-refractivity contribution in [1.82, 2.24) is 14.7 Å². The van der Waals surface area contributed by atoms with Gasteiger partial charge in [0.25, 0.3) is 0 Å². The Balaban J connectivity index is 1.85. The van der Waals surface area contributed by atoms with E-state index in [0.717, 1.165) is 30.9 Å². The quantitative estimate of drug-likeness (QED) is 0.908. The van der Waals surface area contributed by atoms with Crippen molar-refractivity contribution >= 4 is 5.97 Å². The number of aromatic nitrogens is 2. The van der Waals surface area contributed by atoms with Crippen LogP contribution in [0, 0.1) is 26.7 Å². The fourth-order valence-corrected chi connectivity index (χ4v) is 4.08. The summed E-state index contributed by atoms with van der Waals surface area (Å²) in [4.78, 5) is 14.1. The number of aryl methyl sites for hydroxylation is 3. The highest BCUT2D eigenvalue weighted by Gasteiger charge is 2.39. The van der Waals surface area contributed by atoms with Crippen LogP contribution >= 0.6 is 0 Å². The molecule has 2 aromatic rings. The van der Waals surface area contributed by atoms with E-state index in [4.69, 9.17) is 0 Å². The highest BCUT2D eigenvalue weighted by molar-refractivity contribution is 5.72. The Morgan fingerprint density at radius 3 is 2.56 bits per heavy atom. The van der Waals surface area contributed by atoms with Gasteiger partial charge in [-0.15, -0.1) is 0 Å². The van der Waals surface area contributed by atoms with E-state index in [2.05, 4.69) is 42.9 Å². The number of aliphatic carboxylic acids is 1. The number of benzene rings is 1. The average molecular weight is 341 g/mol. The SMILES string of the molecule is CCn1nc(C)c(CN2C[C@@H](C(=O)O)[C@H](c3ccccc3C)C2)c1C. The Morgan fingerprint density at radius 1 is 1.24 bits per heavy atom. The van der Waals surface area contributed by atoms with E-state index < -0.39 is 5.97 Å². The van der Waals surface area contributed by atoms with Crippen LogP contribution < -0.4 is 0 Å². The third kappa shape index (κ3) is 3.33. The second-order valence-electron chi connectivity index (χ2n) is 7.07. The normalized spacial score (nSPS) is 21.0. The lowest BCUT2D eigenvalue weighted by atomic mass is 9.86. The van der Waals surface area contributed by atoms with E-state index in [0.29, 0.717) is 6.54 Å². The monoisotopic (exact) mass is 341 g/mol. The Bertz CT molecular complexity index is 781. The minimum Gasteiger partial charge on any atom is -0.481 e. The summed E-state index contributed by atoms with van der Waals surface area (Å²) < 4.78 is 2.02. The van der Waals surface area contributed by atoms with Crippen molar-refractivity contribution in [2.24, 2.45) is 5.92 Å². The summed E-state index contributed by atoms with van der Waals surface area (Å²) in [5, 5.41) is 14.3. The van der Waals surface area contributed by atoms with Crippen LogP contribution in [0.25, 0.3) is 0 Å². The summed E-state index contributed by atoms with van der Waals surface area (Å²) in [6, 6.07) is 8.15. The maximum absolute atomic E-state index is 11.8. The number of rotatable bonds is 5. The highest BCUT2D eigenvalue weighted by atomic mass is 16.4. The molecule has 1 saturated heterocycles. The fraction of sp³-hybridized carbons (Fsp3) is 0.500. The minimum absolute atomic E-state index is 0.0422. The van der Waals surface area contributed by atoms with E-state index in [1.807, 2.05) is 23.7 Å². The lowest BCUT2D eigenvalue weighted by molar-refractivity contribution is -0.141. The predicted octanol–water partition coefficient (Wildman–Crippen LogP) is 3.13. The van der Waals surface area contributed by atoms with Crippen LogP contribution in [0.4, 0.5) is 0 Å². The molecule has 5 heteroatoms. The Morgan fingerprint density at radius 2 is 1.96 bits per heavy atom. The molecule has 0 bridgehead atoms. The first-order valence-electron chi connectivity index (χ1n) is 8.96. The molecule has 2 atom stereocenters. The molecule has 3 rings (SSSR count). The van der Waals surface area contributed by atoms with Crippen LogP contribution in [-0.2, 0) is 17.9 Å². The van der Waals surface area contributed by atoms with Gasteiger partial charge >= 0.3 is 5.97 Å². The van der Waals surface area contributed by atoms with E-state index >= 15 is 0 Å². The first-order valence-corrected chi connectivity index (χ1v) is 8.96. The van der Waals surface area contributed by atoms with Crippen molar-refractivity contribution in [2.75, 3.05) is 13.1 Å². The number of hydrogen-bond acceptors (Lipinski definition) is 3. The zero-order chi connectivity index (χ0) is 18.1. The van der Waals surface area contributed by atoms with Crippen molar-refractivity contribution in [1.29, 1.82) is 0 Å². The molecule has 5 nitrogen and oxygen atoms in total. The van der Waals surface area contributed by atoms with Crippen LogP contribution in [0.5, 0.6) is 0 Å². The summed E-state index contributed by atoms with van der Waals surface area (Å²) >= 11 is 0. The van der Waals surface area contributed by atoms with Crippen molar-refractivity contribution in [3.05, 3.63) is 52.3 Å². The molecule has 0 saturated carbocycles. The smallest absolute Gasteiger partial charge is 0.308 e. The van der Waals surface area contributed by atoms with Gasteiger partial charge in [-0.25, -0.2) is 0 Å². The number of carboxylic acids is 1. The molecule has 134 valence electrons. The summed E-state index contributed by atoms with van der Waals surface area (Å²) in [7, 11) is 0. The van der Waals surface area contributed by atoms with Crippen molar-refractivity contribution in [3.8, 4) is 0 Å². The third-order valence-electron chi connectivity index (χ3n) is 5.51. The van der Waals surface area contributed by atoms with E-state index in [-0.39, 0.29) is 11.8 Å². The van der Waals surface area contributed by atoms with Crippen LogP contribution in [0.2, 0.25) is 0 Å². The molecule has 25 heavy (non-hydrogen) atoms. The molecule has 1 aliphatic heterocycles. The topological polar surface area (TPSA) is 58.4 Å². The number of nitrogens with zero attached hydrogens (tertiary/aromatic N) is 3. The van der Waals surface area contributed by atoms with Gasteiger partial charge in [0, 0.05) is 43.4 Å². The first kappa shape index (κ1) is 17.7. The molecule has 1 aromatic carbocycles. The lowest BCUT2D eigenvalue weighted by Gasteiger charge is -2.18. The van der Waals surface area contributed by atoms with Gasteiger partial charge in [-0.3, -0.25) is 14.4 Å². The standard InChI is InChI=1S/C20H27N3O2/c1-5-23-15(4)17(14(3)21-23)10-22-11-18(19(12-22)20(24)25)16-9-7-6-8-13(16)2/h6-9,18-19H,5,10-12H2,1-4H3,(H,24,25)/t18-,19+/m0/s1. The summed E-state index contributed by atoms with van der Waals surface area (Å²) in [5.74, 6) is -1.02. The van der Waals surface area contributed by atoms with Crippen LogP contribution in [0.1, 0.15) is 40.9 Å². The third-order valence-corrected chi connectivity index (χ3v) is 5.51. The molecule has 0 unspecified atom stereocenters. The molecule has 1 N–H and O–H groups in total. The minimum atomic E-state index is -0.701. The molecular formula is C20H27N3O2. The van der Waals surface area contributed by atoms with Crippen LogP contribution in [0.15, 0.2) is 24.3 Å².